The number of benzene rings is 2. The Labute approximate surface area is 124 Å². The van der Waals surface area contributed by atoms with Crippen molar-refractivity contribution in [3.63, 3.8) is 0 Å². The molecule has 4 heteroatoms. The molecule has 2 aromatic carbocycles. The fourth-order valence-corrected chi connectivity index (χ4v) is 2.03. The van der Waals surface area contributed by atoms with Crippen LogP contribution in [0.5, 0.6) is 11.5 Å². The SMILES string of the molecule is CCOc1ccc(OC(C)C(N)c2ccc(F)cc2)cc1. The van der Waals surface area contributed by atoms with Crippen molar-refractivity contribution in [2.45, 2.75) is 26.0 Å². The number of hydrogen-bond acceptors (Lipinski definition) is 3. The van der Waals surface area contributed by atoms with Gasteiger partial charge in [-0.3, -0.25) is 0 Å². The molecule has 3 nitrogen and oxygen atoms in total. The van der Waals surface area contributed by atoms with Crippen molar-refractivity contribution in [1.82, 2.24) is 0 Å². The molecule has 0 fully saturated rings. The van der Waals surface area contributed by atoms with Gasteiger partial charge in [-0.2, -0.15) is 0 Å². The highest BCUT2D eigenvalue weighted by Crippen LogP contribution is 2.22. The van der Waals surface area contributed by atoms with Crippen LogP contribution in [0.1, 0.15) is 25.5 Å². The Kier molecular flexibility index (Phi) is 5.17. The topological polar surface area (TPSA) is 44.5 Å². The molecule has 0 saturated heterocycles. The van der Waals surface area contributed by atoms with Gasteiger partial charge in [-0.25, -0.2) is 4.39 Å². The fraction of sp³-hybridized carbons (Fsp3) is 0.294. The second-order valence-electron chi connectivity index (χ2n) is 4.80. The summed E-state index contributed by atoms with van der Waals surface area (Å²) in [4.78, 5) is 0. The normalized spacial score (nSPS) is 13.5. The largest absolute Gasteiger partial charge is 0.494 e. The molecule has 2 rings (SSSR count). The highest BCUT2D eigenvalue weighted by molar-refractivity contribution is 5.31. The van der Waals surface area contributed by atoms with Crippen LogP contribution in [0.2, 0.25) is 0 Å². The van der Waals surface area contributed by atoms with Gasteiger partial charge in [0.15, 0.2) is 0 Å². The minimum absolute atomic E-state index is 0.228. The van der Waals surface area contributed by atoms with Crippen molar-refractivity contribution in [3.8, 4) is 11.5 Å². The molecule has 0 saturated carbocycles. The summed E-state index contributed by atoms with van der Waals surface area (Å²) >= 11 is 0. The molecule has 0 spiro atoms. The molecule has 0 aliphatic heterocycles. The zero-order valence-electron chi connectivity index (χ0n) is 12.3. The van der Waals surface area contributed by atoms with E-state index in [4.69, 9.17) is 15.2 Å². The first-order valence-electron chi connectivity index (χ1n) is 7.00. The first-order chi connectivity index (χ1) is 10.1. The van der Waals surface area contributed by atoms with Crippen molar-refractivity contribution in [1.29, 1.82) is 0 Å². The summed E-state index contributed by atoms with van der Waals surface area (Å²) in [5, 5.41) is 0. The second-order valence-corrected chi connectivity index (χ2v) is 4.80. The Bertz CT molecular complexity index is 554. The minimum atomic E-state index is -0.322. The summed E-state index contributed by atoms with van der Waals surface area (Å²) in [6, 6.07) is 13.2. The van der Waals surface area contributed by atoms with Crippen LogP contribution in [0.4, 0.5) is 4.39 Å². The van der Waals surface area contributed by atoms with Crippen LogP contribution in [0, 0.1) is 5.82 Å². The third-order valence-electron chi connectivity index (χ3n) is 3.22. The Morgan fingerprint density at radius 2 is 1.57 bits per heavy atom. The summed E-state index contributed by atoms with van der Waals surface area (Å²) in [7, 11) is 0. The van der Waals surface area contributed by atoms with Gasteiger partial charge in [-0.05, 0) is 55.8 Å². The molecule has 0 aliphatic carbocycles. The maximum Gasteiger partial charge on any atom is 0.123 e. The molecular formula is C17H20FNO2. The van der Waals surface area contributed by atoms with Crippen LogP contribution in [-0.2, 0) is 0 Å². The van der Waals surface area contributed by atoms with Crippen molar-refractivity contribution in [2.24, 2.45) is 5.73 Å². The predicted octanol–water partition coefficient (Wildman–Crippen LogP) is 3.69. The molecular weight excluding hydrogens is 269 g/mol. The van der Waals surface area contributed by atoms with E-state index in [1.54, 1.807) is 12.1 Å². The lowest BCUT2D eigenvalue weighted by Gasteiger charge is -2.22. The average molecular weight is 289 g/mol. The van der Waals surface area contributed by atoms with E-state index in [1.165, 1.54) is 12.1 Å². The monoisotopic (exact) mass is 289 g/mol. The van der Waals surface area contributed by atoms with Crippen LogP contribution in [0.25, 0.3) is 0 Å². The van der Waals surface area contributed by atoms with Crippen molar-refractivity contribution in [2.75, 3.05) is 6.61 Å². The van der Waals surface area contributed by atoms with Crippen molar-refractivity contribution in [3.05, 3.63) is 59.9 Å². The molecule has 0 heterocycles. The highest BCUT2D eigenvalue weighted by Gasteiger charge is 2.16. The molecule has 21 heavy (non-hydrogen) atoms. The lowest BCUT2D eigenvalue weighted by Crippen LogP contribution is -2.28. The zero-order valence-corrected chi connectivity index (χ0v) is 12.3. The number of halogens is 1. The third kappa shape index (κ3) is 4.20. The molecule has 0 radical (unpaired) electrons. The van der Waals surface area contributed by atoms with E-state index in [-0.39, 0.29) is 18.0 Å². The molecule has 2 unspecified atom stereocenters. The molecule has 0 bridgehead atoms. The Morgan fingerprint density at radius 1 is 1.00 bits per heavy atom. The molecule has 2 atom stereocenters. The summed E-state index contributed by atoms with van der Waals surface area (Å²) in [5.41, 5.74) is 6.98. The lowest BCUT2D eigenvalue weighted by atomic mass is 10.0. The quantitative estimate of drug-likeness (QED) is 0.882. The van der Waals surface area contributed by atoms with Crippen molar-refractivity contribution >= 4 is 0 Å². The van der Waals surface area contributed by atoms with E-state index in [0.29, 0.717) is 6.61 Å². The van der Waals surface area contributed by atoms with Gasteiger partial charge in [0.25, 0.3) is 0 Å². The van der Waals surface area contributed by atoms with Gasteiger partial charge >= 0.3 is 0 Å². The van der Waals surface area contributed by atoms with Crippen LogP contribution >= 0.6 is 0 Å². The van der Waals surface area contributed by atoms with Crippen molar-refractivity contribution < 1.29 is 13.9 Å². The number of rotatable bonds is 6. The van der Waals surface area contributed by atoms with Crippen LogP contribution in [-0.4, -0.2) is 12.7 Å². The maximum atomic E-state index is 12.9. The zero-order chi connectivity index (χ0) is 15.2. The lowest BCUT2D eigenvalue weighted by molar-refractivity contribution is 0.190. The molecule has 0 amide bonds. The molecule has 112 valence electrons. The summed E-state index contributed by atoms with van der Waals surface area (Å²) in [6.07, 6.45) is -0.228. The highest BCUT2D eigenvalue weighted by atomic mass is 19.1. The van der Waals surface area contributed by atoms with Gasteiger partial charge in [0, 0.05) is 0 Å². The Balaban J connectivity index is 1.99. The minimum Gasteiger partial charge on any atom is -0.494 e. The average Bonchev–Trinajstić information content (AvgIpc) is 2.49. The van der Waals surface area contributed by atoms with E-state index < -0.39 is 0 Å². The van der Waals surface area contributed by atoms with Gasteiger partial charge in [-0.15, -0.1) is 0 Å². The molecule has 0 aromatic heterocycles. The number of nitrogens with two attached hydrogens (primary N) is 1. The van der Waals surface area contributed by atoms with Crippen LogP contribution < -0.4 is 15.2 Å². The van der Waals surface area contributed by atoms with E-state index >= 15 is 0 Å². The summed E-state index contributed by atoms with van der Waals surface area (Å²) < 4.78 is 24.1. The summed E-state index contributed by atoms with van der Waals surface area (Å²) in [6.45, 7) is 4.46. The van der Waals surface area contributed by atoms with E-state index in [9.17, 15) is 4.39 Å². The van der Waals surface area contributed by atoms with Gasteiger partial charge in [-0.1, -0.05) is 12.1 Å². The van der Waals surface area contributed by atoms with E-state index in [0.717, 1.165) is 17.1 Å². The van der Waals surface area contributed by atoms with E-state index in [2.05, 4.69) is 0 Å². The van der Waals surface area contributed by atoms with Gasteiger partial charge in [0.05, 0.1) is 12.6 Å². The standard InChI is InChI=1S/C17H20FNO2/c1-3-20-15-8-10-16(11-9-15)21-12(2)17(19)13-4-6-14(18)7-5-13/h4-12,17H,3,19H2,1-2H3. The fourth-order valence-electron chi connectivity index (χ4n) is 2.03. The predicted molar refractivity (Wildman–Crippen MR) is 81.0 cm³/mol. The number of ether oxygens (including phenoxy) is 2. The second kappa shape index (κ2) is 7.09. The third-order valence-corrected chi connectivity index (χ3v) is 3.22. The summed E-state index contributed by atoms with van der Waals surface area (Å²) in [5.74, 6) is 1.26. The molecule has 2 N–H and O–H groups in total. The van der Waals surface area contributed by atoms with Crippen LogP contribution in [0.15, 0.2) is 48.5 Å². The maximum absolute atomic E-state index is 12.9. The number of hydrogen-bond donors (Lipinski definition) is 1. The molecule has 0 aliphatic rings. The van der Waals surface area contributed by atoms with Gasteiger partial charge in [0.1, 0.15) is 23.4 Å². The first kappa shape index (κ1) is 15.3. The smallest absolute Gasteiger partial charge is 0.123 e. The molecule has 2 aromatic rings. The van der Waals surface area contributed by atoms with Gasteiger partial charge < -0.3 is 15.2 Å². The first-order valence-corrected chi connectivity index (χ1v) is 7.00. The van der Waals surface area contributed by atoms with Gasteiger partial charge in [0.2, 0.25) is 0 Å². The van der Waals surface area contributed by atoms with Crippen LogP contribution in [0.3, 0.4) is 0 Å². The Hall–Kier alpha value is -2.07. The van der Waals surface area contributed by atoms with E-state index in [1.807, 2.05) is 38.1 Å². The Morgan fingerprint density at radius 3 is 2.14 bits per heavy atom.